The first kappa shape index (κ1) is 18.7. The molecule has 0 saturated carbocycles. The lowest BCUT2D eigenvalue weighted by atomic mass is 10.2. The van der Waals surface area contributed by atoms with E-state index >= 15 is 0 Å². The molecule has 148 valence electrons. The van der Waals surface area contributed by atoms with Crippen molar-refractivity contribution < 1.29 is 31.1 Å². The Kier molecular flexibility index (Phi) is 4.52. The normalized spacial score (nSPS) is 16.4. The summed E-state index contributed by atoms with van der Waals surface area (Å²) < 4.78 is 63.6. The maximum Gasteiger partial charge on any atom is 0.265 e. The summed E-state index contributed by atoms with van der Waals surface area (Å²) in [4.78, 5) is 11.9. The van der Waals surface area contributed by atoms with Gasteiger partial charge in [0.1, 0.15) is 0 Å². The molecule has 2 aliphatic rings. The van der Waals surface area contributed by atoms with E-state index in [-0.39, 0.29) is 22.1 Å². The quantitative estimate of drug-likeness (QED) is 0.758. The second kappa shape index (κ2) is 6.76. The number of ether oxygens (including phenoxy) is 2. The van der Waals surface area contributed by atoms with Crippen LogP contribution in [0.1, 0.15) is 16.8 Å². The van der Waals surface area contributed by atoms with Crippen molar-refractivity contribution in [3.8, 4) is 11.5 Å². The third-order valence-electron chi connectivity index (χ3n) is 4.43. The Bertz CT molecular complexity index is 1160. The van der Waals surface area contributed by atoms with Crippen molar-refractivity contribution in [2.75, 3.05) is 19.9 Å². The van der Waals surface area contributed by atoms with Crippen molar-refractivity contribution in [2.45, 2.75) is 16.2 Å². The molecule has 0 atom stereocenters. The molecule has 0 aliphatic carbocycles. The summed E-state index contributed by atoms with van der Waals surface area (Å²) in [6.07, 6.45) is 0.767. The van der Waals surface area contributed by atoms with Crippen LogP contribution >= 0.6 is 0 Å². The fourth-order valence-corrected chi connectivity index (χ4v) is 5.41. The second-order valence-corrected chi connectivity index (χ2v) is 9.86. The second-order valence-electron chi connectivity index (χ2n) is 6.24. The third kappa shape index (κ3) is 3.32. The van der Waals surface area contributed by atoms with Gasteiger partial charge in [0.15, 0.2) is 11.5 Å². The molecule has 1 amide bonds. The van der Waals surface area contributed by atoms with Crippen molar-refractivity contribution in [3.05, 3.63) is 48.0 Å². The number of sulfonamides is 2. The van der Waals surface area contributed by atoms with E-state index in [0.29, 0.717) is 24.6 Å². The molecule has 2 heterocycles. The van der Waals surface area contributed by atoms with Gasteiger partial charge in [0, 0.05) is 18.7 Å². The summed E-state index contributed by atoms with van der Waals surface area (Å²) in [5.41, 5.74) is 0.0668. The van der Waals surface area contributed by atoms with Crippen LogP contribution in [0.4, 0.5) is 0 Å². The van der Waals surface area contributed by atoms with Crippen LogP contribution < -0.4 is 14.2 Å². The zero-order valence-electron chi connectivity index (χ0n) is 14.5. The maximum absolute atomic E-state index is 12.6. The first-order chi connectivity index (χ1) is 13.3. The van der Waals surface area contributed by atoms with Crippen LogP contribution in [-0.2, 0) is 20.0 Å². The number of carbonyl (C=O) groups excluding carboxylic acids is 1. The minimum absolute atomic E-state index is 0.0248. The molecule has 9 nitrogen and oxygen atoms in total. The molecule has 2 aromatic rings. The summed E-state index contributed by atoms with van der Waals surface area (Å²) in [6, 6.07) is 9.21. The van der Waals surface area contributed by atoms with Crippen LogP contribution in [-0.4, -0.2) is 46.9 Å². The number of benzene rings is 2. The predicted octanol–water partition coefficient (Wildman–Crippen LogP) is 0.928. The van der Waals surface area contributed by atoms with Crippen molar-refractivity contribution >= 4 is 26.0 Å². The Labute approximate surface area is 162 Å². The smallest absolute Gasteiger partial charge is 0.265 e. The Morgan fingerprint density at radius 3 is 2.36 bits per heavy atom. The van der Waals surface area contributed by atoms with Crippen molar-refractivity contribution in [3.63, 3.8) is 0 Å². The molecule has 0 unspecified atom stereocenters. The standard InChI is InChI=1S/C17H16N2O7S2/c20-17(12-5-6-15-16(9-12)26-11-25-15)18-27(21,22)13-3-1-4-14(10-13)28(23,24)19-7-2-8-19/h1,3-6,9-10H,2,7-8,11H2,(H,18,20). The lowest BCUT2D eigenvalue weighted by molar-refractivity contribution is 0.0981. The topological polar surface area (TPSA) is 119 Å². The molecule has 11 heteroatoms. The number of nitrogens with zero attached hydrogens (tertiary/aromatic N) is 1. The highest BCUT2D eigenvalue weighted by molar-refractivity contribution is 7.90. The van der Waals surface area contributed by atoms with E-state index in [1.807, 2.05) is 4.72 Å². The summed E-state index contributed by atoms with van der Waals surface area (Å²) in [5, 5.41) is 0. The van der Waals surface area contributed by atoms with E-state index < -0.39 is 26.0 Å². The van der Waals surface area contributed by atoms with Crippen LogP contribution in [0.15, 0.2) is 52.3 Å². The third-order valence-corrected chi connectivity index (χ3v) is 7.65. The Morgan fingerprint density at radius 1 is 0.929 bits per heavy atom. The van der Waals surface area contributed by atoms with Gasteiger partial charge in [-0.1, -0.05) is 6.07 Å². The van der Waals surface area contributed by atoms with Gasteiger partial charge in [-0.25, -0.2) is 21.6 Å². The zero-order valence-corrected chi connectivity index (χ0v) is 16.1. The number of hydrogen-bond donors (Lipinski definition) is 1. The average molecular weight is 424 g/mol. The van der Waals surface area contributed by atoms with Gasteiger partial charge in [0.2, 0.25) is 16.8 Å². The molecule has 2 aromatic carbocycles. The van der Waals surface area contributed by atoms with E-state index in [2.05, 4.69) is 0 Å². The van der Waals surface area contributed by atoms with E-state index in [0.717, 1.165) is 12.5 Å². The van der Waals surface area contributed by atoms with Crippen molar-refractivity contribution in [1.29, 1.82) is 0 Å². The van der Waals surface area contributed by atoms with Gasteiger partial charge < -0.3 is 9.47 Å². The van der Waals surface area contributed by atoms with Crippen LogP contribution in [0.25, 0.3) is 0 Å². The zero-order chi connectivity index (χ0) is 19.9. The molecular formula is C17H16N2O7S2. The van der Waals surface area contributed by atoms with Gasteiger partial charge in [-0.3, -0.25) is 4.79 Å². The molecule has 0 aromatic heterocycles. The summed E-state index contributed by atoms with van der Waals surface area (Å²) in [5.74, 6) is -0.0645. The lowest BCUT2D eigenvalue weighted by Crippen LogP contribution is -2.42. The first-order valence-electron chi connectivity index (χ1n) is 8.34. The molecule has 1 saturated heterocycles. The van der Waals surface area contributed by atoms with Gasteiger partial charge in [-0.2, -0.15) is 4.31 Å². The number of carbonyl (C=O) groups is 1. The number of fused-ring (bicyclic) bond motifs is 1. The SMILES string of the molecule is O=C(NS(=O)(=O)c1cccc(S(=O)(=O)N2CCC2)c1)c1ccc2c(c1)OCO2. The highest BCUT2D eigenvalue weighted by atomic mass is 32.2. The molecule has 1 N–H and O–H groups in total. The Morgan fingerprint density at radius 2 is 1.64 bits per heavy atom. The van der Waals surface area contributed by atoms with Crippen molar-refractivity contribution in [2.24, 2.45) is 0 Å². The average Bonchev–Trinajstić information content (AvgIpc) is 3.07. The number of nitrogens with one attached hydrogen (secondary N) is 1. The lowest BCUT2D eigenvalue weighted by Gasteiger charge is -2.29. The monoisotopic (exact) mass is 424 g/mol. The van der Waals surface area contributed by atoms with E-state index in [1.54, 1.807) is 0 Å². The van der Waals surface area contributed by atoms with E-state index in [4.69, 9.17) is 9.47 Å². The van der Waals surface area contributed by atoms with E-state index in [1.165, 1.54) is 40.7 Å². The maximum atomic E-state index is 12.6. The molecular weight excluding hydrogens is 408 g/mol. The van der Waals surface area contributed by atoms with Crippen LogP contribution in [0, 0.1) is 0 Å². The highest BCUT2D eigenvalue weighted by Crippen LogP contribution is 2.32. The first-order valence-corrected chi connectivity index (χ1v) is 11.3. The predicted molar refractivity (Wildman–Crippen MR) is 97.0 cm³/mol. The van der Waals surface area contributed by atoms with Gasteiger partial charge in [-0.15, -0.1) is 0 Å². The molecule has 1 fully saturated rings. The van der Waals surface area contributed by atoms with Gasteiger partial charge in [0.05, 0.1) is 9.79 Å². The van der Waals surface area contributed by atoms with Gasteiger partial charge >= 0.3 is 0 Å². The van der Waals surface area contributed by atoms with Crippen LogP contribution in [0.2, 0.25) is 0 Å². The summed E-state index contributed by atoms with van der Waals surface area (Å²) >= 11 is 0. The summed E-state index contributed by atoms with van der Waals surface area (Å²) in [7, 11) is -8.02. The number of rotatable bonds is 5. The molecule has 2 aliphatic heterocycles. The Hall–Kier alpha value is -2.63. The number of amides is 1. The highest BCUT2D eigenvalue weighted by Gasteiger charge is 2.30. The van der Waals surface area contributed by atoms with E-state index in [9.17, 15) is 21.6 Å². The van der Waals surface area contributed by atoms with Crippen LogP contribution in [0.3, 0.4) is 0 Å². The summed E-state index contributed by atoms with van der Waals surface area (Å²) in [6.45, 7) is 0.831. The largest absolute Gasteiger partial charge is 0.454 e. The molecule has 0 bridgehead atoms. The molecule has 0 radical (unpaired) electrons. The number of hydrogen-bond acceptors (Lipinski definition) is 7. The minimum Gasteiger partial charge on any atom is -0.454 e. The Balaban J connectivity index is 1.58. The van der Waals surface area contributed by atoms with Gasteiger partial charge in [-0.05, 0) is 42.8 Å². The molecule has 4 rings (SSSR count). The minimum atomic E-state index is -4.27. The fourth-order valence-electron chi connectivity index (χ4n) is 2.76. The molecule has 28 heavy (non-hydrogen) atoms. The van der Waals surface area contributed by atoms with Crippen LogP contribution in [0.5, 0.6) is 11.5 Å². The van der Waals surface area contributed by atoms with Crippen molar-refractivity contribution in [1.82, 2.24) is 9.03 Å². The molecule has 0 spiro atoms. The van der Waals surface area contributed by atoms with Gasteiger partial charge in [0.25, 0.3) is 15.9 Å². The fraction of sp³-hybridized carbons (Fsp3) is 0.235.